The number of pyridine rings is 1. The molecule has 0 aliphatic rings. The van der Waals surface area contributed by atoms with Gasteiger partial charge in [-0.1, -0.05) is 37.3 Å². The van der Waals surface area contributed by atoms with Gasteiger partial charge in [-0.05, 0) is 17.2 Å². The van der Waals surface area contributed by atoms with Crippen LogP contribution in [-0.4, -0.2) is 11.1 Å². The van der Waals surface area contributed by atoms with Crippen molar-refractivity contribution in [3.63, 3.8) is 0 Å². The van der Waals surface area contributed by atoms with E-state index in [1.54, 1.807) is 18.5 Å². The van der Waals surface area contributed by atoms with Crippen LogP contribution >= 0.6 is 0 Å². The van der Waals surface area contributed by atoms with Gasteiger partial charge in [0.05, 0.1) is 6.61 Å². The first-order chi connectivity index (χ1) is 9.12. The van der Waals surface area contributed by atoms with Crippen LogP contribution in [-0.2, 0) is 11.3 Å². The maximum Gasteiger partial charge on any atom is 0.355 e. The fourth-order valence-electron chi connectivity index (χ4n) is 1.74. The summed E-state index contributed by atoms with van der Waals surface area (Å²) in [6.07, 6.45) is -0.0330. The Kier molecular flexibility index (Phi) is 4.22. The van der Waals surface area contributed by atoms with Crippen LogP contribution in [0.3, 0.4) is 0 Å². The van der Waals surface area contributed by atoms with Crippen LogP contribution in [0.15, 0.2) is 48.8 Å². The summed E-state index contributed by atoms with van der Waals surface area (Å²) in [4.78, 5) is 4.04. The summed E-state index contributed by atoms with van der Waals surface area (Å²) in [6, 6.07) is 11.0. The zero-order chi connectivity index (χ0) is 13.7. The van der Waals surface area contributed by atoms with Gasteiger partial charge < -0.3 is 4.74 Å². The molecule has 0 unspecified atom stereocenters. The molecule has 0 spiro atoms. The highest BCUT2D eigenvalue weighted by Crippen LogP contribution is 2.26. The molecule has 1 aromatic heterocycles. The molecule has 19 heavy (non-hydrogen) atoms. The number of hydrogen-bond acceptors (Lipinski definition) is 2. The Balaban J connectivity index is 2.23. The number of ether oxygens (including phenoxy) is 1. The maximum absolute atomic E-state index is 13.1. The molecular weight excluding hydrogens is 248 g/mol. The van der Waals surface area contributed by atoms with Gasteiger partial charge in [-0.15, -0.1) is 0 Å². The number of alkyl halides is 2. The van der Waals surface area contributed by atoms with Crippen molar-refractivity contribution in [3.05, 3.63) is 54.4 Å². The first kappa shape index (κ1) is 13.6. The van der Waals surface area contributed by atoms with Crippen molar-refractivity contribution in [2.24, 2.45) is 0 Å². The Morgan fingerprint density at radius 2 is 1.95 bits per heavy atom. The Labute approximate surface area is 111 Å². The maximum atomic E-state index is 13.1. The van der Waals surface area contributed by atoms with Crippen molar-refractivity contribution < 1.29 is 13.5 Å². The predicted molar refractivity (Wildman–Crippen MR) is 69.7 cm³/mol. The van der Waals surface area contributed by atoms with Gasteiger partial charge in [0.1, 0.15) is 0 Å². The van der Waals surface area contributed by atoms with Gasteiger partial charge in [0.15, 0.2) is 0 Å². The molecule has 0 amide bonds. The van der Waals surface area contributed by atoms with Gasteiger partial charge in [-0.2, -0.15) is 8.78 Å². The summed E-state index contributed by atoms with van der Waals surface area (Å²) < 4.78 is 30.9. The number of benzene rings is 1. The van der Waals surface area contributed by atoms with Crippen molar-refractivity contribution in [1.82, 2.24) is 4.98 Å². The van der Waals surface area contributed by atoms with E-state index in [2.05, 4.69) is 9.72 Å². The second-order valence-electron chi connectivity index (χ2n) is 4.18. The lowest BCUT2D eigenvalue weighted by Crippen LogP contribution is -2.19. The third-order valence-corrected chi connectivity index (χ3v) is 2.84. The normalized spacial score (nSPS) is 11.5. The summed E-state index contributed by atoms with van der Waals surface area (Å²) in [7, 11) is 0. The number of rotatable bonds is 5. The molecule has 2 aromatic rings. The van der Waals surface area contributed by atoms with Crippen molar-refractivity contribution >= 4 is 0 Å². The molecule has 0 fully saturated rings. The standard InChI is InChI=1S/C15H15F2NO/c1-2-15(16,17)19-11-13-6-3-4-8-14(13)12-7-5-9-18-10-12/h3-10H,2,11H2,1H3. The van der Waals surface area contributed by atoms with Gasteiger partial charge in [-0.3, -0.25) is 4.98 Å². The summed E-state index contributed by atoms with van der Waals surface area (Å²) in [5.74, 6) is 0. The molecule has 2 nitrogen and oxygen atoms in total. The van der Waals surface area contributed by atoms with Crippen molar-refractivity contribution in [2.45, 2.75) is 26.1 Å². The SMILES string of the molecule is CCC(F)(F)OCc1ccccc1-c1cccnc1. The van der Waals surface area contributed by atoms with E-state index in [1.807, 2.05) is 30.3 Å². The molecule has 0 atom stereocenters. The minimum Gasteiger partial charge on any atom is -0.316 e. The molecule has 0 saturated heterocycles. The number of aromatic nitrogens is 1. The highest BCUT2D eigenvalue weighted by atomic mass is 19.3. The quantitative estimate of drug-likeness (QED) is 0.803. The van der Waals surface area contributed by atoms with Crippen LogP contribution in [0, 0.1) is 0 Å². The molecule has 1 aromatic carbocycles. The van der Waals surface area contributed by atoms with Crippen LogP contribution in [0.2, 0.25) is 0 Å². The monoisotopic (exact) mass is 263 g/mol. The highest BCUT2D eigenvalue weighted by Gasteiger charge is 2.27. The van der Waals surface area contributed by atoms with Gasteiger partial charge in [0, 0.05) is 24.4 Å². The second kappa shape index (κ2) is 5.89. The summed E-state index contributed by atoms with van der Waals surface area (Å²) in [6.45, 7) is 1.28. The Morgan fingerprint density at radius 3 is 2.63 bits per heavy atom. The molecule has 1 heterocycles. The topological polar surface area (TPSA) is 22.1 Å². The van der Waals surface area contributed by atoms with Crippen LogP contribution in [0.1, 0.15) is 18.9 Å². The average molecular weight is 263 g/mol. The lowest BCUT2D eigenvalue weighted by atomic mass is 10.0. The van der Waals surface area contributed by atoms with E-state index < -0.39 is 6.11 Å². The number of nitrogens with zero attached hydrogens (tertiary/aromatic N) is 1. The summed E-state index contributed by atoms with van der Waals surface area (Å²) in [5.41, 5.74) is 2.48. The van der Waals surface area contributed by atoms with Gasteiger partial charge >= 0.3 is 6.11 Å². The van der Waals surface area contributed by atoms with E-state index in [9.17, 15) is 8.78 Å². The average Bonchev–Trinajstić information content (AvgIpc) is 2.46. The Bertz CT molecular complexity index is 529. The molecule has 0 saturated carbocycles. The molecule has 100 valence electrons. The Hall–Kier alpha value is -1.81. The lowest BCUT2D eigenvalue weighted by Gasteiger charge is -2.16. The predicted octanol–water partition coefficient (Wildman–Crippen LogP) is 4.27. The van der Waals surface area contributed by atoms with Crippen LogP contribution in [0.5, 0.6) is 0 Å². The van der Waals surface area contributed by atoms with E-state index in [0.29, 0.717) is 0 Å². The largest absolute Gasteiger partial charge is 0.355 e. The van der Waals surface area contributed by atoms with Crippen molar-refractivity contribution in [3.8, 4) is 11.1 Å². The fourth-order valence-corrected chi connectivity index (χ4v) is 1.74. The molecule has 4 heteroatoms. The lowest BCUT2D eigenvalue weighted by molar-refractivity contribution is -0.246. The summed E-state index contributed by atoms with van der Waals surface area (Å²) >= 11 is 0. The third-order valence-electron chi connectivity index (χ3n) is 2.84. The molecule has 0 aliphatic carbocycles. The fraction of sp³-hybridized carbons (Fsp3) is 0.267. The van der Waals surface area contributed by atoms with Crippen LogP contribution in [0.25, 0.3) is 11.1 Å². The smallest absolute Gasteiger partial charge is 0.316 e. The summed E-state index contributed by atoms with van der Waals surface area (Å²) in [5, 5.41) is 0. The molecule has 0 radical (unpaired) electrons. The zero-order valence-corrected chi connectivity index (χ0v) is 10.6. The number of hydrogen-bond donors (Lipinski definition) is 0. The van der Waals surface area contributed by atoms with E-state index in [-0.39, 0.29) is 13.0 Å². The zero-order valence-electron chi connectivity index (χ0n) is 10.6. The van der Waals surface area contributed by atoms with Gasteiger partial charge in [-0.25, -0.2) is 0 Å². The Morgan fingerprint density at radius 1 is 1.16 bits per heavy atom. The molecule has 0 aliphatic heterocycles. The minimum atomic E-state index is -3.08. The van der Waals surface area contributed by atoms with Crippen LogP contribution < -0.4 is 0 Å². The van der Waals surface area contributed by atoms with Gasteiger partial charge in [0.25, 0.3) is 0 Å². The van der Waals surface area contributed by atoms with E-state index in [4.69, 9.17) is 0 Å². The van der Waals surface area contributed by atoms with Crippen LogP contribution in [0.4, 0.5) is 8.78 Å². The van der Waals surface area contributed by atoms with E-state index in [1.165, 1.54) is 6.92 Å². The van der Waals surface area contributed by atoms with Crippen molar-refractivity contribution in [1.29, 1.82) is 0 Å². The minimum absolute atomic E-state index is 0.119. The third kappa shape index (κ3) is 3.58. The molecule has 0 N–H and O–H groups in total. The van der Waals surface area contributed by atoms with Crippen molar-refractivity contribution in [2.75, 3.05) is 0 Å². The molecule has 0 bridgehead atoms. The van der Waals surface area contributed by atoms with E-state index >= 15 is 0 Å². The highest BCUT2D eigenvalue weighted by molar-refractivity contribution is 5.66. The first-order valence-corrected chi connectivity index (χ1v) is 6.12. The molecule has 2 rings (SSSR count). The van der Waals surface area contributed by atoms with Gasteiger partial charge in [0.2, 0.25) is 0 Å². The molecular formula is C15H15F2NO. The van der Waals surface area contributed by atoms with E-state index in [0.717, 1.165) is 16.7 Å². The first-order valence-electron chi connectivity index (χ1n) is 6.12. The number of halogens is 2. The second-order valence-corrected chi connectivity index (χ2v) is 4.18.